The van der Waals surface area contributed by atoms with Crippen molar-refractivity contribution in [1.29, 1.82) is 0 Å². The summed E-state index contributed by atoms with van der Waals surface area (Å²) < 4.78 is 8.50. The number of aryl methyl sites for hydroxylation is 1. The second-order valence-corrected chi connectivity index (χ2v) is 6.09. The van der Waals surface area contributed by atoms with Gasteiger partial charge in [-0.2, -0.15) is 5.10 Å². The summed E-state index contributed by atoms with van der Waals surface area (Å²) in [5.74, 6) is 0.655. The van der Waals surface area contributed by atoms with E-state index in [-0.39, 0.29) is 18.0 Å². The number of fused-ring (bicyclic) bond motifs is 3. The summed E-state index contributed by atoms with van der Waals surface area (Å²) in [5.41, 5.74) is 1.69. The number of aromatic nitrogens is 3. The number of rotatable bonds is 7. The SMILES string of the molecule is CCCCN(CC)C(=O)Cn1nc(CC)n2c(cc3occc32)c1=O. The normalized spacial score (nSPS) is 11.5. The van der Waals surface area contributed by atoms with Crippen LogP contribution in [0.4, 0.5) is 0 Å². The molecule has 3 rings (SSSR count). The molecule has 0 aliphatic rings. The zero-order valence-electron chi connectivity index (χ0n) is 15.0. The van der Waals surface area contributed by atoms with Gasteiger partial charge >= 0.3 is 0 Å². The summed E-state index contributed by atoms with van der Waals surface area (Å²) in [5, 5.41) is 4.44. The highest BCUT2D eigenvalue weighted by Gasteiger charge is 2.18. The van der Waals surface area contributed by atoms with Gasteiger partial charge in [-0.05, 0) is 13.3 Å². The number of amides is 1. The first-order valence-electron chi connectivity index (χ1n) is 8.87. The standard InChI is InChI=1S/C18H24N4O3/c1-4-7-9-20(6-3)17(23)12-21-18(24)14-11-15-13(8-10-25-15)22(14)16(5-2)19-21/h8,10-11H,4-7,9,12H2,1-3H3. The number of likely N-dealkylation sites (N-methyl/N-ethyl adjacent to an activating group) is 1. The third-order valence-corrected chi connectivity index (χ3v) is 4.49. The van der Waals surface area contributed by atoms with Crippen molar-refractivity contribution >= 4 is 22.5 Å². The number of nitrogens with zero attached hydrogens (tertiary/aromatic N) is 4. The van der Waals surface area contributed by atoms with Crippen LogP contribution < -0.4 is 5.56 Å². The van der Waals surface area contributed by atoms with E-state index in [1.54, 1.807) is 17.2 Å². The molecule has 7 heteroatoms. The van der Waals surface area contributed by atoms with Crippen LogP contribution in [0, 0.1) is 0 Å². The third-order valence-electron chi connectivity index (χ3n) is 4.49. The van der Waals surface area contributed by atoms with E-state index < -0.39 is 0 Å². The molecule has 0 bridgehead atoms. The molecule has 7 nitrogen and oxygen atoms in total. The molecule has 0 saturated heterocycles. The first kappa shape index (κ1) is 17.3. The summed E-state index contributed by atoms with van der Waals surface area (Å²) in [6.45, 7) is 7.33. The second-order valence-electron chi connectivity index (χ2n) is 6.09. The van der Waals surface area contributed by atoms with Gasteiger partial charge in [0.05, 0.1) is 11.8 Å². The Kier molecular flexibility index (Phi) is 4.92. The van der Waals surface area contributed by atoms with E-state index in [2.05, 4.69) is 12.0 Å². The van der Waals surface area contributed by atoms with Gasteiger partial charge in [0.2, 0.25) is 5.91 Å². The van der Waals surface area contributed by atoms with Crippen LogP contribution in [0.2, 0.25) is 0 Å². The number of hydrogen-bond donors (Lipinski definition) is 0. The predicted octanol–water partition coefficient (Wildman–Crippen LogP) is 2.45. The molecule has 3 heterocycles. The molecule has 3 aromatic rings. The molecular weight excluding hydrogens is 320 g/mol. The van der Waals surface area contributed by atoms with Crippen molar-refractivity contribution < 1.29 is 9.21 Å². The first-order chi connectivity index (χ1) is 12.1. The molecule has 0 saturated carbocycles. The van der Waals surface area contributed by atoms with Gasteiger partial charge in [-0.1, -0.05) is 20.3 Å². The monoisotopic (exact) mass is 344 g/mol. The fourth-order valence-corrected chi connectivity index (χ4v) is 3.09. The smallest absolute Gasteiger partial charge is 0.291 e. The fraction of sp³-hybridized carbons (Fsp3) is 0.500. The Balaban J connectivity index is 2.00. The van der Waals surface area contributed by atoms with Crippen LogP contribution in [-0.2, 0) is 17.8 Å². The van der Waals surface area contributed by atoms with E-state index in [1.165, 1.54) is 4.68 Å². The fourth-order valence-electron chi connectivity index (χ4n) is 3.09. The maximum Gasteiger partial charge on any atom is 0.291 e. The summed E-state index contributed by atoms with van der Waals surface area (Å²) in [6, 6.07) is 3.54. The van der Waals surface area contributed by atoms with Crippen LogP contribution in [0.3, 0.4) is 0 Å². The van der Waals surface area contributed by atoms with E-state index in [0.717, 1.165) is 24.2 Å². The van der Waals surface area contributed by atoms with Gasteiger partial charge in [-0.15, -0.1) is 0 Å². The predicted molar refractivity (Wildman–Crippen MR) is 95.8 cm³/mol. The lowest BCUT2D eigenvalue weighted by Gasteiger charge is -2.21. The van der Waals surface area contributed by atoms with E-state index in [4.69, 9.17) is 4.42 Å². The molecule has 134 valence electrons. The molecule has 0 aliphatic heterocycles. The summed E-state index contributed by atoms with van der Waals surface area (Å²) in [6.07, 6.45) is 4.22. The number of carbonyl (C=O) groups is 1. The maximum absolute atomic E-state index is 12.8. The van der Waals surface area contributed by atoms with Gasteiger partial charge in [0.15, 0.2) is 5.58 Å². The molecule has 0 atom stereocenters. The Bertz CT molecular complexity index is 950. The van der Waals surface area contributed by atoms with Crippen molar-refractivity contribution in [2.45, 2.75) is 46.6 Å². The summed E-state index contributed by atoms with van der Waals surface area (Å²) in [7, 11) is 0. The lowest BCUT2D eigenvalue weighted by Crippen LogP contribution is -2.38. The van der Waals surface area contributed by atoms with E-state index in [1.807, 2.05) is 24.3 Å². The van der Waals surface area contributed by atoms with Gasteiger partial charge < -0.3 is 9.32 Å². The lowest BCUT2D eigenvalue weighted by atomic mass is 10.3. The van der Waals surface area contributed by atoms with Crippen molar-refractivity contribution in [1.82, 2.24) is 19.1 Å². The average molecular weight is 344 g/mol. The lowest BCUT2D eigenvalue weighted by molar-refractivity contribution is -0.132. The highest BCUT2D eigenvalue weighted by atomic mass is 16.3. The number of unbranched alkanes of at least 4 members (excludes halogenated alkanes) is 1. The molecule has 0 aromatic carbocycles. The number of carbonyl (C=O) groups excluding carboxylic acids is 1. The van der Waals surface area contributed by atoms with E-state index in [9.17, 15) is 9.59 Å². The average Bonchev–Trinajstić information content (AvgIpc) is 3.19. The minimum atomic E-state index is -0.275. The topological polar surface area (TPSA) is 72.8 Å². The minimum Gasteiger partial charge on any atom is -0.463 e. The molecule has 0 unspecified atom stereocenters. The Hall–Kier alpha value is -2.57. The Morgan fingerprint density at radius 3 is 2.76 bits per heavy atom. The molecule has 0 fully saturated rings. The van der Waals surface area contributed by atoms with Crippen molar-refractivity contribution in [3.8, 4) is 0 Å². The van der Waals surface area contributed by atoms with Crippen LogP contribution in [0.1, 0.15) is 39.4 Å². The molecule has 0 radical (unpaired) electrons. The van der Waals surface area contributed by atoms with Gasteiger partial charge in [0.25, 0.3) is 5.56 Å². The quantitative estimate of drug-likeness (QED) is 0.660. The largest absolute Gasteiger partial charge is 0.463 e. The first-order valence-corrected chi connectivity index (χ1v) is 8.87. The number of furan rings is 1. The molecule has 1 amide bonds. The summed E-state index contributed by atoms with van der Waals surface area (Å²) in [4.78, 5) is 27.1. The van der Waals surface area contributed by atoms with Crippen LogP contribution in [0.5, 0.6) is 0 Å². The van der Waals surface area contributed by atoms with Crippen LogP contribution in [0.15, 0.2) is 27.6 Å². The Morgan fingerprint density at radius 2 is 2.08 bits per heavy atom. The zero-order chi connectivity index (χ0) is 18.0. The van der Waals surface area contributed by atoms with Crippen molar-refractivity contribution in [2.24, 2.45) is 0 Å². The maximum atomic E-state index is 12.8. The Labute approximate surface area is 145 Å². The van der Waals surface area contributed by atoms with Crippen LogP contribution in [-0.4, -0.2) is 38.1 Å². The zero-order valence-corrected chi connectivity index (χ0v) is 15.0. The molecular formula is C18H24N4O3. The summed E-state index contributed by atoms with van der Waals surface area (Å²) >= 11 is 0. The minimum absolute atomic E-state index is 0.0353. The molecule has 0 aliphatic carbocycles. The van der Waals surface area contributed by atoms with E-state index in [0.29, 0.717) is 30.6 Å². The molecule has 0 spiro atoms. The molecule has 3 aromatic heterocycles. The second kappa shape index (κ2) is 7.13. The van der Waals surface area contributed by atoms with E-state index >= 15 is 0 Å². The highest BCUT2D eigenvalue weighted by molar-refractivity contribution is 5.82. The van der Waals surface area contributed by atoms with Crippen molar-refractivity contribution in [2.75, 3.05) is 13.1 Å². The third kappa shape index (κ3) is 3.06. The molecule has 25 heavy (non-hydrogen) atoms. The van der Waals surface area contributed by atoms with Crippen molar-refractivity contribution in [3.05, 3.63) is 34.6 Å². The van der Waals surface area contributed by atoms with Gasteiger partial charge in [-0.25, -0.2) is 4.68 Å². The van der Waals surface area contributed by atoms with Gasteiger partial charge in [-0.3, -0.25) is 14.0 Å². The van der Waals surface area contributed by atoms with Crippen LogP contribution in [0.25, 0.3) is 16.6 Å². The van der Waals surface area contributed by atoms with Gasteiger partial charge in [0.1, 0.15) is 17.9 Å². The van der Waals surface area contributed by atoms with Crippen LogP contribution >= 0.6 is 0 Å². The Morgan fingerprint density at radius 1 is 1.28 bits per heavy atom. The molecule has 0 N–H and O–H groups in total. The number of hydrogen-bond acceptors (Lipinski definition) is 4. The van der Waals surface area contributed by atoms with Gasteiger partial charge in [0, 0.05) is 31.6 Å². The van der Waals surface area contributed by atoms with Crippen molar-refractivity contribution in [3.63, 3.8) is 0 Å². The highest BCUT2D eigenvalue weighted by Crippen LogP contribution is 2.20.